The average Bonchev–Trinajstić information content (AvgIpc) is 2.46. The minimum absolute atomic E-state index is 0.00334. The number of carbonyl (C=O) groups is 2. The predicted octanol–water partition coefficient (Wildman–Crippen LogP) is 1.56. The third kappa shape index (κ3) is 7.24. The van der Waals surface area contributed by atoms with Crippen molar-refractivity contribution in [1.29, 1.82) is 0 Å². The standard InChI is InChI=1S/C14H22N4O3/c1-10(13(19)20)4-3-5-11(2)18-14(21)16-8-12-6-7-15-9-17-12/h6-7,9-11H,3-5,8H2,1-2H3,(H,19,20)(H2,16,18,21). The summed E-state index contributed by atoms with van der Waals surface area (Å²) < 4.78 is 0. The highest BCUT2D eigenvalue weighted by Gasteiger charge is 2.12. The van der Waals surface area contributed by atoms with Crippen molar-refractivity contribution in [1.82, 2.24) is 20.6 Å². The molecule has 116 valence electrons. The van der Waals surface area contributed by atoms with Crippen molar-refractivity contribution in [2.75, 3.05) is 0 Å². The van der Waals surface area contributed by atoms with Crippen LogP contribution in [0.5, 0.6) is 0 Å². The molecule has 1 aromatic rings. The number of nitrogens with zero attached hydrogens (tertiary/aromatic N) is 2. The quantitative estimate of drug-likeness (QED) is 0.675. The van der Waals surface area contributed by atoms with E-state index in [0.717, 1.165) is 18.5 Å². The minimum Gasteiger partial charge on any atom is -0.481 e. The summed E-state index contributed by atoms with van der Waals surface area (Å²) in [6.07, 6.45) is 5.18. The number of carbonyl (C=O) groups excluding carboxylic acids is 1. The van der Waals surface area contributed by atoms with Crippen LogP contribution >= 0.6 is 0 Å². The summed E-state index contributed by atoms with van der Waals surface area (Å²) >= 11 is 0. The molecule has 1 heterocycles. The molecule has 2 atom stereocenters. The molecule has 0 aliphatic rings. The highest BCUT2D eigenvalue weighted by Crippen LogP contribution is 2.09. The van der Waals surface area contributed by atoms with E-state index < -0.39 is 5.97 Å². The van der Waals surface area contributed by atoms with Crippen molar-refractivity contribution in [3.8, 4) is 0 Å². The van der Waals surface area contributed by atoms with Crippen LogP contribution in [0.2, 0.25) is 0 Å². The number of aliphatic carboxylic acids is 1. The second-order valence-corrected chi connectivity index (χ2v) is 5.10. The van der Waals surface area contributed by atoms with Crippen molar-refractivity contribution in [3.05, 3.63) is 24.3 Å². The Kier molecular flexibility index (Phi) is 7.14. The van der Waals surface area contributed by atoms with Gasteiger partial charge in [0.2, 0.25) is 0 Å². The molecule has 7 heteroatoms. The van der Waals surface area contributed by atoms with Crippen LogP contribution in [-0.2, 0) is 11.3 Å². The molecule has 7 nitrogen and oxygen atoms in total. The number of carboxylic acid groups (broad SMARTS) is 1. The highest BCUT2D eigenvalue weighted by molar-refractivity contribution is 5.74. The number of hydrogen-bond acceptors (Lipinski definition) is 4. The summed E-state index contributed by atoms with van der Waals surface area (Å²) in [7, 11) is 0. The van der Waals surface area contributed by atoms with Crippen LogP contribution in [0.4, 0.5) is 4.79 Å². The van der Waals surface area contributed by atoms with Crippen LogP contribution in [0.25, 0.3) is 0 Å². The molecule has 0 aliphatic carbocycles. The number of hydrogen-bond donors (Lipinski definition) is 3. The molecule has 0 saturated heterocycles. The zero-order valence-electron chi connectivity index (χ0n) is 12.4. The average molecular weight is 294 g/mol. The summed E-state index contributed by atoms with van der Waals surface area (Å²) in [5, 5.41) is 14.3. The van der Waals surface area contributed by atoms with Crippen molar-refractivity contribution < 1.29 is 14.7 Å². The molecule has 2 unspecified atom stereocenters. The summed E-state index contributed by atoms with van der Waals surface area (Å²) in [4.78, 5) is 30.2. The molecule has 0 aromatic carbocycles. The van der Waals surface area contributed by atoms with E-state index in [1.165, 1.54) is 6.33 Å². The Hall–Kier alpha value is -2.18. The van der Waals surface area contributed by atoms with Crippen molar-refractivity contribution >= 4 is 12.0 Å². The number of carboxylic acids is 1. The Bertz CT molecular complexity index is 453. The fourth-order valence-electron chi connectivity index (χ4n) is 1.79. The highest BCUT2D eigenvalue weighted by atomic mass is 16.4. The van der Waals surface area contributed by atoms with Crippen LogP contribution in [0.15, 0.2) is 18.6 Å². The molecule has 2 amide bonds. The van der Waals surface area contributed by atoms with Crippen LogP contribution < -0.4 is 10.6 Å². The van der Waals surface area contributed by atoms with Gasteiger partial charge in [-0.25, -0.2) is 14.8 Å². The van der Waals surface area contributed by atoms with E-state index in [1.54, 1.807) is 19.2 Å². The summed E-state index contributed by atoms with van der Waals surface area (Å²) in [5.41, 5.74) is 0.739. The Morgan fingerprint density at radius 3 is 2.71 bits per heavy atom. The first-order valence-corrected chi connectivity index (χ1v) is 7.01. The molecule has 3 N–H and O–H groups in total. The van der Waals surface area contributed by atoms with E-state index in [0.29, 0.717) is 13.0 Å². The maximum Gasteiger partial charge on any atom is 0.315 e. The van der Waals surface area contributed by atoms with E-state index in [1.807, 2.05) is 6.92 Å². The van der Waals surface area contributed by atoms with Gasteiger partial charge in [0.15, 0.2) is 0 Å². The first-order valence-electron chi connectivity index (χ1n) is 7.01. The number of nitrogens with one attached hydrogen (secondary N) is 2. The van der Waals surface area contributed by atoms with Crippen molar-refractivity contribution in [3.63, 3.8) is 0 Å². The number of urea groups is 1. The molecule has 1 aromatic heterocycles. The van der Waals surface area contributed by atoms with E-state index >= 15 is 0 Å². The van der Waals surface area contributed by atoms with Gasteiger partial charge < -0.3 is 15.7 Å². The molecule has 0 bridgehead atoms. The molecule has 0 spiro atoms. The van der Waals surface area contributed by atoms with E-state index in [2.05, 4.69) is 20.6 Å². The van der Waals surface area contributed by atoms with Gasteiger partial charge in [-0.2, -0.15) is 0 Å². The van der Waals surface area contributed by atoms with Gasteiger partial charge in [0.1, 0.15) is 6.33 Å². The molecule has 0 aliphatic heterocycles. The summed E-state index contributed by atoms with van der Waals surface area (Å²) in [5.74, 6) is -1.12. The van der Waals surface area contributed by atoms with Crippen LogP contribution in [0.3, 0.4) is 0 Å². The van der Waals surface area contributed by atoms with Gasteiger partial charge in [0.25, 0.3) is 0 Å². The van der Waals surface area contributed by atoms with Crippen LogP contribution in [0.1, 0.15) is 38.8 Å². The van der Waals surface area contributed by atoms with Crippen LogP contribution in [0, 0.1) is 5.92 Å². The molecule has 0 fully saturated rings. The molecular formula is C14H22N4O3. The van der Waals surface area contributed by atoms with Gasteiger partial charge in [-0.1, -0.05) is 13.3 Å². The van der Waals surface area contributed by atoms with E-state index in [4.69, 9.17) is 5.11 Å². The zero-order valence-corrected chi connectivity index (χ0v) is 12.4. The monoisotopic (exact) mass is 294 g/mol. The third-order valence-corrected chi connectivity index (χ3v) is 3.15. The summed E-state index contributed by atoms with van der Waals surface area (Å²) in [6, 6.07) is 1.47. The number of rotatable bonds is 8. The second kappa shape index (κ2) is 8.89. The Morgan fingerprint density at radius 2 is 2.10 bits per heavy atom. The van der Waals surface area contributed by atoms with E-state index in [-0.39, 0.29) is 18.0 Å². The normalized spacial score (nSPS) is 13.2. The minimum atomic E-state index is -0.779. The van der Waals surface area contributed by atoms with Gasteiger partial charge in [-0.3, -0.25) is 4.79 Å². The Labute approximate surface area is 124 Å². The molecular weight excluding hydrogens is 272 g/mol. The molecule has 0 radical (unpaired) electrons. The first kappa shape index (κ1) is 16.9. The van der Waals surface area contributed by atoms with Gasteiger partial charge in [0, 0.05) is 12.2 Å². The van der Waals surface area contributed by atoms with Gasteiger partial charge in [0.05, 0.1) is 18.2 Å². The smallest absolute Gasteiger partial charge is 0.315 e. The SMILES string of the molecule is CC(CCCC(C)C(=O)O)NC(=O)NCc1ccncn1. The van der Waals surface area contributed by atoms with Crippen molar-refractivity contribution in [2.24, 2.45) is 5.92 Å². The second-order valence-electron chi connectivity index (χ2n) is 5.10. The zero-order chi connectivity index (χ0) is 15.7. The predicted molar refractivity (Wildman–Crippen MR) is 77.5 cm³/mol. The lowest BCUT2D eigenvalue weighted by Gasteiger charge is -2.15. The van der Waals surface area contributed by atoms with Gasteiger partial charge in [-0.15, -0.1) is 0 Å². The largest absolute Gasteiger partial charge is 0.481 e. The maximum absolute atomic E-state index is 11.7. The number of amides is 2. The van der Waals surface area contributed by atoms with E-state index in [9.17, 15) is 9.59 Å². The van der Waals surface area contributed by atoms with Gasteiger partial charge >= 0.3 is 12.0 Å². The Morgan fingerprint density at radius 1 is 1.33 bits per heavy atom. The topological polar surface area (TPSA) is 104 Å². The van der Waals surface area contributed by atoms with Crippen LogP contribution in [-0.4, -0.2) is 33.1 Å². The lowest BCUT2D eigenvalue weighted by molar-refractivity contribution is -0.141. The number of aromatic nitrogens is 2. The molecule has 0 saturated carbocycles. The first-order chi connectivity index (χ1) is 9.99. The fourth-order valence-corrected chi connectivity index (χ4v) is 1.79. The fraction of sp³-hybridized carbons (Fsp3) is 0.571. The van der Waals surface area contributed by atoms with Crippen molar-refractivity contribution in [2.45, 2.75) is 45.7 Å². The molecule has 1 rings (SSSR count). The van der Waals surface area contributed by atoms with Gasteiger partial charge in [-0.05, 0) is 25.8 Å². The molecule has 21 heavy (non-hydrogen) atoms. The Balaban J connectivity index is 2.17. The summed E-state index contributed by atoms with van der Waals surface area (Å²) in [6.45, 7) is 3.93. The lowest BCUT2D eigenvalue weighted by Crippen LogP contribution is -2.40. The maximum atomic E-state index is 11.7. The third-order valence-electron chi connectivity index (χ3n) is 3.15. The lowest BCUT2D eigenvalue weighted by atomic mass is 10.0.